The lowest BCUT2D eigenvalue weighted by Gasteiger charge is -2.15. The van der Waals surface area contributed by atoms with E-state index in [1.54, 1.807) is 0 Å². The number of aliphatic hydroxyl groups is 1. The molecule has 2 aromatic heterocycles. The van der Waals surface area contributed by atoms with Gasteiger partial charge in [0.1, 0.15) is 18.0 Å². The number of hydrogen-bond acceptors (Lipinski definition) is 6. The quantitative estimate of drug-likeness (QED) is 0.776. The van der Waals surface area contributed by atoms with E-state index in [0.717, 1.165) is 6.33 Å². The van der Waals surface area contributed by atoms with Crippen molar-refractivity contribution in [2.45, 2.75) is 24.9 Å². The Labute approximate surface area is 101 Å². The molecule has 3 heterocycles. The average Bonchev–Trinajstić information content (AvgIpc) is 2.93. The Kier molecular flexibility index (Phi) is 2.60. The highest BCUT2D eigenvalue weighted by molar-refractivity contribution is 5.75. The minimum atomic E-state index is -1.27. The number of hydrogen-bond donors (Lipinski definition) is 1. The second-order valence-corrected chi connectivity index (χ2v) is 4.09. The van der Waals surface area contributed by atoms with Gasteiger partial charge in [-0.3, -0.25) is 9.55 Å². The predicted octanol–water partition coefficient (Wildman–Crippen LogP) is -0.482. The van der Waals surface area contributed by atoms with Gasteiger partial charge in [0.25, 0.3) is 0 Å². The van der Waals surface area contributed by atoms with E-state index in [2.05, 4.69) is 15.0 Å². The lowest BCUT2D eigenvalue weighted by atomic mass is 10.2. The van der Waals surface area contributed by atoms with E-state index in [0.29, 0.717) is 0 Å². The second-order valence-electron chi connectivity index (χ2n) is 4.09. The highest BCUT2D eigenvalue weighted by atomic mass is 19.1. The Morgan fingerprint density at radius 1 is 1.50 bits per heavy atom. The first kappa shape index (κ1) is 11.3. The molecule has 3 unspecified atom stereocenters. The molecular weight excluding hydrogens is 243 g/mol. The fourth-order valence-electron chi connectivity index (χ4n) is 2.08. The number of alkyl halides is 1. The Morgan fingerprint density at radius 2 is 2.33 bits per heavy atom. The summed E-state index contributed by atoms with van der Waals surface area (Å²) in [7, 11) is 0. The summed E-state index contributed by atoms with van der Waals surface area (Å²) >= 11 is 0. The zero-order chi connectivity index (χ0) is 12.7. The maximum absolute atomic E-state index is 13.8. The fraction of sp³-hybridized carbons (Fsp3) is 0.500. The van der Waals surface area contributed by atoms with Gasteiger partial charge >= 0.3 is 0 Å². The molecule has 18 heavy (non-hydrogen) atoms. The topological polar surface area (TPSA) is 96.1 Å². The number of nitrogens with zero attached hydrogens (tertiary/aromatic N) is 4. The van der Waals surface area contributed by atoms with Gasteiger partial charge in [-0.05, 0) is 0 Å². The van der Waals surface area contributed by atoms with Gasteiger partial charge in [0.05, 0.1) is 19.0 Å². The van der Waals surface area contributed by atoms with E-state index < -0.39 is 24.4 Å². The fourth-order valence-corrected chi connectivity index (χ4v) is 2.08. The Morgan fingerprint density at radius 3 is 3.06 bits per heavy atom. The molecule has 0 amide bonds. The molecule has 3 rings (SSSR count). The van der Waals surface area contributed by atoms with E-state index in [4.69, 9.17) is 9.84 Å². The Balaban J connectivity index is 2.02. The first-order valence-corrected chi connectivity index (χ1v) is 5.45. The molecule has 1 fully saturated rings. The molecule has 3 atom stereocenters. The molecule has 1 saturated heterocycles. The normalized spacial score (nSPS) is 28.0. The first-order valence-electron chi connectivity index (χ1n) is 5.45. The third-order valence-electron chi connectivity index (χ3n) is 2.93. The van der Waals surface area contributed by atoms with Crippen molar-refractivity contribution in [2.24, 2.45) is 0 Å². The molecule has 7 nitrogen and oxygen atoms in total. The van der Waals surface area contributed by atoms with Gasteiger partial charge in [-0.15, -0.1) is 0 Å². The van der Waals surface area contributed by atoms with Crippen LogP contribution in [0, 0.1) is 0 Å². The number of fused-ring (bicyclic) bond motifs is 1. The zero-order valence-electron chi connectivity index (χ0n) is 9.23. The van der Waals surface area contributed by atoms with Crippen molar-refractivity contribution in [3.8, 4) is 5.88 Å². The second kappa shape index (κ2) is 4.14. The van der Waals surface area contributed by atoms with Crippen LogP contribution < -0.4 is 5.11 Å². The predicted molar refractivity (Wildman–Crippen MR) is 55.3 cm³/mol. The van der Waals surface area contributed by atoms with Crippen LogP contribution in [0.2, 0.25) is 0 Å². The van der Waals surface area contributed by atoms with Gasteiger partial charge < -0.3 is 14.9 Å². The Hall–Kier alpha value is -1.80. The number of aromatic nitrogens is 4. The van der Waals surface area contributed by atoms with Crippen LogP contribution in [0.25, 0.3) is 11.2 Å². The monoisotopic (exact) mass is 253 g/mol. The van der Waals surface area contributed by atoms with Gasteiger partial charge in [0.2, 0.25) is 0 Å². The summed E-state index contributed by atoms with van der Waals surface area (Å²) < 4.78 is 20.5. The number of halogens is 1. The molecule has 2 aromatic rings. The summed E-state index contributed by atoms with van der Waals surface area (Å²) in [6, 6.07) is 0. The lowest BCUT2D eigenvalue weighted by Crippen LogP contribution is -2.16. The molecule has 0 aliphatic carbocycles. The Bertz CT molecular complexity index is 575. The van der Waals surface area contributed by atoms with Gasteiger partial charge in [-0.25, -0.2) is 14.4 Å². The van der Waals surface area contributed by atoms with Gasteiger partial charge in [0, 0.05) is 12.3 Å². The summed E-state index contributed by atoms with van der Waals surface area (Å²) in [4.78, 5) is 11.3. The highest BCUT2D eigenvalue weighted by Gasteiger charge is 2.37. The molecule has 0 aromatic carbocycles. The van der Waals surface area contributed by atoms with Crippen molar-refractivity contribution in [1.29, 1.82) is 0 Å². The molecular formula is C10H10FN4O3-. The van der Waals surface area contributed by atoms with Crippen molar-refractivity contribution < 1.29 is 19.3 Å². The maximum Gasteiger partial charge on any atom is 0.168 e. The van der Waals surface area contributed by atoms with Crippen LogP contribution in [0.5, 0.6) is 5.88 Å². The molecule has 0 radical (unpaired) electrons. The van der Waals surface area contributed by atoms with Crippen molar-refractivity contribution in [2.75, 3.05) is 6.61 Å². The zero-order valence-corrected chi connectivity index (χ0v) is 9.23. The summed E-state index contributed by atoms with van der Waals surface area (Å²) in [5.41, 5.74) is 0.321. The number of aliphatic hydroxyl groups excluding tert-OH is 1. The molecule has 1 aliphatic heterocycles. The molecule has 1 aliphatic rings. The van der Waals surface area contributed by atoms with Crippen molar-refractivity contribution in [1.82, 2.24) is 19.5 Å². The van der Waals surface area contributed by atoms with Crippen LogP contribution in [0.3, 0.4) is 0 Å². The SMILES string of the molecule is [O-]c1ncnc2c1ncn2C1OC(CO)CC1F. The molecule has 1 N–H and O–H groups in total. The van der Waals surface area contributed by atoms with Crippen LogP contribution in [0.4, 0.5) is 4.39 Å². The summed E-state index contributed by atoms with van der Waals surface area (Å²) in [5, 5.41) is 20.4. The van der Waals surface area contributed by atoms with E-state index >= 15 is 0 Å². The smallest absolute Gasteiger partial charge is 0.168 e. The van der Waals surface area contributed by atoms with Crippen LogP contribution in [0.1, 0.15) is 12.6 Å². The highest BCUT2D eigenvalue weighted by Crippen LogP contribution is 2.33. The first-order chi connectivity index (χ1) is 8.70. The van der Waals surface area contributed by atoms with Crippen LogP contribution in [-0.2, 0) is 4.74 Å². The summed E-state index contributed by atoms with van der Waals surface area (Å²) in [6.07, 6.45) is -0.218. The molecule has 0 saturated carbocycles. The van der Waals surface area contributed by atoms with Crippen LogP contribution in [0.15, 0.2) is 12.7 Å². The summed E-state index contributed by atoms with van der Waals surface area (Å²) in [6.45, 7) is -0.245. The number of imidazole rings is 1. The van der Waals surface area contributed by atoms with E-state index in [9.17, 15) is 9.50 Å². The van der Waals surface area contributed by atoms with Crippen molar-refractivity contribution in [3.05, 3.63) is 12.7 Å². The van der Waals surface area contributed by atoms with Crippen molar-refractivity contribution >= 4 is 11.2 Å². The maximum atomic E-state index is 13.8. The van der Waals surface area contributed by atoms with Gasteiger partial charge in [0.15, 0.2) is 11.9 Å². The van der Waals surface area contributed by atoms with Gasteiger partial charge in [-0.2, -0.15) is 0 Å². The molecule has 8 heteroatoms. The van der Waals surface area contributed by atoms with E-state index in [-0.39, 0.29) is 24.2 Å². The van der Waals surface area contributed by atoms with E-state index in [1.807, 2.05) is 0 Å². The largest absolute Gasteiger partial charge is 0.857 e. The number of ether oxygens (including phenoxy) is 1. The third-order valence-corrected chi connectivity index (χ3v) is 2.93. The van der Waals surface area contributed by atoms with Gasteiger partial charge in [-0.1, -0.05) is 0 Å². The third kappa shape index (κ3) is 1.61. The molecule has 0 spiro atoms. The minimum Gasteiger partial charge on any atom is -0.857 e. The minimum absolute atomic E-state index is 0.0840. The van der Waals surface area contributed by atoms with Crippen LogP contribution in [-0.4, -0.2) is 43.5 Å². The lowest BCUT2D eigenvalue weighted by molar-refractivity contribution is -0.272. The molecule has 96 valence electrons. The van der Waals surface area contributed by atoms with Crippen molar-refractivity contribution in [3.63, 3.8) is 0 Å². The van der Waals surface area contributed by atoms with E-state index in [1.165, 1.54) is 10.9 Å². The number of rotatable bonds is 2. The molecule has 0 bridgehead atoms. The summed E-state index contributed by atoms with van der Waals surface area (Å²) in [5.74, 6) is -0.508. The average molecular weight is 253 g/mol. The standard InChI is InChI=1S/C10H11FN4O3/c11-6-1-5(2-16)18-10(6)15-4-14-7-8(15)12-3-13-9(7)17/h3-6,10,16H,1-2H2,(H,12,13,17)/p-1. The van der Waals surface area contributed by atoms with Crippen LogP contribution >= 0.6 is 0 Å².